The van der Waals surface area contributed by atoms with E-state index in [0.717, 1.165) is 18.0 Å². The van der Waals surface area contributed by atoms with Crippen LogP contribution < -0.4 is 5.32 Å². The molecule has 0 amide bonds. The number of hydrogen-bond donors (Lipinski definition) is 1. The zero-order chi connectivity index (χ0) is 12.8. The fourth-order valence-electron chi connectivity index (χ4n) is 1.99. The predicted molar refractivity (Wildman–Crippen MR) is 75.8 cm³/mol. The Labute approximate surface area is 113 Å². The van der Waals surface area contributed by atoms with Gasteiger partial charge in [0.05, 0.1) is 0 Å². The molecule has 3 heteroatoms. The lowest BCUT2D eigenvalue weighted by Crippen LogP contribution is -2.23. The molecule has 1 aromatic heterocycles. The number of aromatic nitrogens is 1. The van der Waals surface area contributed by atoms with Gasteiger partial charge in [-0.3, -0.25) is 4.98 Å². The van der Waals surface area contributed by atoms with Crippen LogP contribution in [0.15, 0.2) is 48.8 Å². The maximum Gasteiger partial charge on any atom is 0.0406 e. The molecule has 1 aromatic carbocycles. The van der Waals surface area contributed by atoms with Gasteiger partial charge in [-0.25, -0.2) is 0 Å². The Morgan fingerprint density at radius 1 is 1.22 bits per heavy atom. The first-order chi connectivity index (χ1) is 8.79. The summed E-state index contributed by atoms with van der Waals surface area (Å²) in [5, 5.41) is 4.27. The number of pyridine rings is 1. The summed E-state index contributed by atoms with van der Waals surface area (Å²) in [6, 6.07) is 12.4. The van der Waals surface area contributed by atoms with Crippen LogP contribution in [0.25, 0.3) is 0 Å². The molecule has 18 heavy (non-hydrogen) atoms. The minimum absolute atomic E-state index is 0.296. The topological polar surface area (TPSA) is 24.9 Å². The van der Waals surface area contributed by atoms with Gasteiger partial charge in [0.2, 0.25) is 0 Å². The molecule has 1 heterocycles. The second kappa shape index (κ2) is 6.53. The summed E-state index contributed by atoms with van der Waals surface area (Å²) in [4.78, 5) is 4.18. The van der Waals surface area contributed by atoms with Gasteiger partial charge in [0.25, 0.3) is 0 Å². The van der Waals surface area contributed by atoms with Crippen molar-refractivity contribution < 1.29 is 0 Å². The van der Waals surface area contributed by atoms with Crippen molar-refractivity contribution in [3.05, 3.63) is 64.9 Å². The van der Waals surface area contributed by atoms with Crippen LogP contribution in [0.2, 0.25) is 5.02 Å². The standard InChI is InChI=1S/C15H17ClN2/c1-2-18-15(13-4-3-9-17-11-13)10-12-5-7-14(16)8-6-12/h3-9,11,15,18H,2,10H2,1H3. The molecule has 0 saturated carbocycles. The van der Waals surface area contributed by atoms with Crippen LogP contribution in [-0.2, 0) is 6.42 Å². The lowest BCUT2D eigenvalue weighted by Gasteiger charge is -2.18. The number of nitrogens with one attached hydrogen (secondary N) is 1. The molecule has 0 aliphatic rings. The fraction of sp³-hybridized carbons (Fsp3) is 0.267. The Bertz CT molecular complexity index is 468. The monoisotopic (exact) mass is 260 g/mol. The summed E-state index contributed by atoms with van der Waals surface area (Å²) < 4.78 is 0. The normalized spacial score (nSPS) is 12.3. The van der Waals surface area contributed by atoms with E-state index in [1.807, 2.05) is 24.4 Å². The van der Waals surface area contributed by atoms with Crippen LogP contribution in [0.1, 0.15) is 24.1 Å². The third-order valence-electron chi connectivity index (χ3n) is 2.89. The smallest absolute Gasteiger partial charge is 0.0406 e. The number of hydrogen-bond acceptors (Lipinski definition) is 2. The summed E-state index contributed by atoms with van der Waals surface area (Å²) in [7, 11) is 0. The van der Waals surface area contributed by atoms with Gasteiger partial charge in [-0.1, -0.05) is 36.7 Å². The number of nitrogens with zero attached hydrogens (tertiary/aromatic N) is 1. The number of halogens is 1. The van der Waals surface area contributed by atoms with Gasteiger partial charge in [0.1, 0.15) is 0 Å². The van der Waals surface area contributed by atoms with E-state index in [4.69, 9.17) is 11.6 Å². The average Bonchev–Trinajstić information content (AvgIpc) is 2.42. The van der Waals surface area contributed by atoms with Crippen LogP contribution in [0.4, 0.5) is 0 Å². The number of likely N-dealkylation sites (N-methyl/N-ethyl adjacent to an activating group) is 1. The van der Waals surface area contributed by atoms with Gasteiger partial charge < -0.3 is 5.32 Å². The van der Waals surface area contributed by atoms with E-state index in [0.29, 0.717) is 6.04 Å². The third-order valence-corrected chi connectivity index (χ3v) is 3.14. The van der Waals surface area contributed by atoms with Gasteiger partial charge in [0, 0.05) is 23.5 Å². The van der Waals surface area contributed by atoms with E-state index >= 15 is 0 Å². The van der Waals surface area contributed by atoms with E-state index in [1.165, 1.54) is 11.1 Å². The molecule has 0 aliphatic heterocycles. The Balaban J connectivity index is 2.14. The SMILES string of the molecule is CCNC(Cc1ccc(Cl)cc1)c1cccnc1. The first-order valence-electron chi connectivity index (χ1n) is 6.17. The largest absolute Gasteiger partial charge is 0.310 e. The van der Waals surface area contributed by atoms with Crippen molar-refractivity contribution >= 4 is 11.6 Å². The molecule has 0 aliphatic carbocycles. The maximum absolute atomic E-state index is 5.90. The van der Waals surface area contributed by atoms with Crippen LogP contribution >= 0.6 is 11.6 Å². The molecule has 2 nitrogen and oxygen atoms in total. The van der Waals surface area contributed by atoms with Crippen molar-refractivity contribution in [3.63, 3.8) is 0 Å². The Hall–Kier alpha value is -1.38. The minimum atomic E-state index is 0.296. The quantitative estimate of drug-likeness (QED) is 0.888. The minimum Gasteiger partial charge on any atom is -0.310 e. The molecular formula is C15H17ClN2. The molecule has 1 atom stereocenters. The van der Waals surface area contributed by atoms with E-state index in [-0.39, 0.29) is 0 Å². The van der Waals surface area contributed by atoms with Crippen LogP contribution in [0.5, 0.6) is 0 Å². The lowest BCUT2D eigenvalue weighted by molar-refractivity contribution is 0.548. The fourth-order valence-corrected chi connectivity index (χ4v) is 2.12. The maximum atomic E-state index is 5.90. The number of benzene rings is 1. The molecule has 0 saturated heterocycles. The molecule has 0 bridgehead atoms. The Morgan fingerprint density at radius 3 is 2.61 bits per heavy atom. The molecule has 2 aromatic rings. The molecule has 94 valence electrons. The average molecular weight is 261 g/mol. The third kappa shape index (κ3) is 3.56. The van der Waals surface area contributed by atoms with Crippen molar-refractivity contribution in [2.75, 3.05) is 6.54 Å². The molecule has 1 N–H and O–H groups in total. The molecule has 1 unspecified atom stereocenters. The van der Waals surface area contributed by atoms with Gasteiger partial charge in [-0.2, -0.15) is 0 Å². The first kappa shape index (κ1) is 13.1. The summed E-state index contributed by atoms with van der Waals surface area (Å²) in [5.41, 5.74) is 2.49. The number of rotatable bonds is 5. The highest BCUT2D eigenvalue weighted by molar-refractivity contribution is 6.30. The van der Waals surface area contributed by atoms with Crippen molar-refractivity contribution in [2.45, 2.75) is 19.4 Å². The van der Waals surface area contributed by atoms with E-state index in [2.05, 4.69) is 35.4 Å². The molecule has 0 radical (unpaired) electrons. The van der Waals surface area contributed by atoms with Crippen molar-refractivity contribution in [3.8, 4) is 0 Å². The Morgan fingerprint density at radius 2 is 2.00 bits per heavy atom. The second-order valence-corrected chi connectivity index (χ2v) is 4.66. The van der Waals surface area contributed by atoms with Crippen molar-refractivity contribution in [1.82, 2.24) is 10.3 Å². The highest BCUT2D eigenvalue weighted by Crippen LogP contribution is 2.19. The first-order valence-corrected chi connectivity index (χ1v) is 6.55. The molecule has 0 spiro atoms. The zero-order valence-corrected chi connectivity index (χ0v) is 11.2. The second-order valence-electron chi connectivity index (χ2n) is 4.23. The van der Waals surface area contributed by atoms with Gasteiger partial charge >= 0.3 is 0 Å². The van der Waals surface area contributed by atoms with E-state index in [1.54, 1.807) is 6.20 Å². The van der Waals surface area contributed by atoms with Crippen LogP contribution in [-0.4, -0.2) is 11.5 Å². The molecule has 2 rings (SSSR count). The van der Waals surface area contributed by atoms with Gasteiger partial charge in [-0.15, -0.1) is 0 Å². The van der Waals surface area contributed by atoms with E-state index in [9.17, 15) is 0 Å². The highest BCUT2D eigenvalue weighted by atomic mass is 35.5. The summed E-state index contributed by atoms with van der Waals surface area (Å²) in [6.07, 6.45) is 4.66. The van der Waals surface area contributed by atoms with Crippen molar-refractivity contribution in [1.29, 1.82) is 0 Å². The molecular weight excluding hydrogens is 244 g/mol. The summed E-state index contributed by atoms with van der Waals surface area (Å²) in [6.45, 7) is 3.05. The predicted octanol–water partition coefficient (Wildman–Crippen LogP) is 3.63. The van der Waals surface area contributed by atoms with Gasteiger partial charge in [0.15, 0.2) is 0 Å². The van der Waals surface area contributed by atoms with Crippen LogP contribution in [0.3, 0.4) is 0 Å². The van der Waals surface area contributed by atoms with E-state index < -0.39 is 0 Å². The summed E-state index contributed by atoms with van der Waals surface area (Å²) >= 11 is 5.90. The summed E-state index contributed by atoms with van der Waals surface area (Å²) in [5.74, 6) is 0. The van der Waals surface area contributed by atoms with Crippen molar-refractivity contribution in [2.24, 2.45) is 0 Å². The highest BCUT2D eigenvalue weighted by Gasteiger charge is 2.10. The molecule has 0 fully saturated rings. The lowest BCUT2D eigenvalue weighted by atomic mass is 10.0. The zero-order valence-electron chi connectivity index (χ0n) is 10.4. The van der Waals surface area contributed by atoms with Gasteiger partial charge in [-0.05, 0) is 42.3 Å². The van der Waals surface area contributed by atoms with Crippen LogP contribution in [0, 0.1) is 0 Å². The Kier molecular flexibility index (Phi) is 4.73.